The molecule has 0 radical (unpaired) electrons. The molecule has 1 rings (SSSR count). The molecule has 0 saturated carbocycles. The zero-order valence-electron chi connectivity index (χ0n) is 9.21. The average Bonchev–Trinajstić information content (AvgIpc) is 2.29. The molecule has 4 heteroatoms. The molecule has 0 atom stereocenters. The van der Waals surface area contributed by atoms with Crippen LogP contribution < -0.4 is 11.1 Å². The number of allylic oxidation sites excluding steroid dienone is 1. The molecule has 0 fully saturated rings. The van der Waals surface area contributed by atoms with E-state index in [4.69, 9.17) is 10.9 Å². The number of nitrogens with one attached hydrogen (secondary N) is 1. The maximum Gasteiger partial charge on any atom is 0.140 e. The molecule has 1 aliphatic carbocycles. The van der Waals surface area contributed by atoms with Crippen LogP contribution in [-0.4, -0.2) is 24.1 Å². The van der Waals surface area contributed by atoms with Crippen molar-refractivity contribution in [3.05, 3.63) is 11.6 Å². The molecular formula is C11H21N3O. The molecule has 0 bridgehead atoms. The van der Waals surface area contributed by atoms with Crippen molar-refractivity contribution in [1.82, 2.24) is 5.32 Å². The molecule has 0 unspecified atom stereocenters. The van der Waals surface area contributed by atoms with Crippen LogP contribution in [0.4, 0.5) is 0 Å². The second-order valence-corrected chi connectivity index (χ2v) is 3.95. The second-order valence-electron chi connectivity index (χ2n) is 3.95. The third-order valence-electron chi connectivity index (χ3n) is 2.69. The monoisotopic (exact) mass is 211 g/mol. The van der Waals surface area contributed by atoms with Gasteiger partial charge in [-0.3, -0.25) is 0 Å². The lowest BCUT2D eigenvalue weighted by atomic mass is 9.97. The molecule has 86 valence electrons. The van der Waals surface area contributed by atoms with Gasteiger partial charge >= 0.3 is 0 Å². The Morgan fingerprint density at radius 1 is 1.47 bits per heavy atom. The summed E-state index contributed by atoms with van der Waals surface area (Å²) in [6, 6.07) is 0. The van der Waals surface area contributed by atoms with Crippen molar-refractivity contribution in [3.63, 3.8) is 0 Å². The molecule has 4 nitrogen and oxygen atoms in total. The van der Waals surface area contributed by atoms with E-state index < -0.39 is 0 Å². The van der Waals surface area contributed by atoms with E-state index in [1.807, 2.05) is 0 Å². The quantitative estimate of drug-likeness (QED) is 0.156. The maximum absolute atomic E-state index is 8.32. The van der Waals surface area contributed by atoms with Crippen LogP contribution in [0.2, 0.25) is 0 Å². The lowest BCUT2D eigenvalue weighted by Gasteiger charge is -2.12. The van der Waals surface area contributed by atoms with E-state index in [0.717, 1.165) is 19.5 Å². The molecular weight excluding hydrogens is 190 g/mol. The van der Waals surface area contributed by atoms with Gasteiger partial charge in [-0.15, -0.1) is 0 Å². The summed E-state index contributed by atoms with van der Waals surface area (Å²) in [5.74, 6) is 0.291. The molecule has 15 heavy (non-hydrogen) atoms. The van der Waals surface area contributed by atoms with Gasteiger partial charge in [-0.1, -0.05) is 16.8 Å². The van der Waals surface area contributed by atoms with E-state index in [1.54, 1.807) is 5.57 Å². The topological polar surface area (TPSA) is 70.6 Å². The van der Waals surface area contributed by atoms with Gasteiger partial charge in [-0.05, 0) is 38.6 Å². The Balaban J connectivity index is 1.99. The van der Waals surface area contributed by atoms with Crippen LogP contribution in [-0.2, 0) is 0 Å². The van der Waals surface area contributed by atoms with Gasteiger partial charge in [0.15, 0.2) is 0 Å². The normalized spacial score (nSPS) is 17.6. The summed E-state index contributed by atoms with van der Waals surface area (Å²) < 4.78 is 0. The Labute approximate surface area is 91.2 Å². The number of rotatable bonds is 6. The second kappa shape index (κ2) is 7.29. The van der Waals surface area contributed by atoms with Crippen molar-refractivity contribution in [1.29, 1.82) is 0 Å². The van der Waals surface area contributed by atoms with Gasteiger partial charge in [0.25, 0.3) is 0 Å². The smallest absolute Gasteiger partial charge is 0.140 e. The zero-order chi connectivity index (χ0) is 10.9. The molecule has 0 aromatic heterocycles. The lowest BCUT2D eigenvalue weighted by molar-refractivity contribution is 0.316. The summed E-state index contributed by atoms with van der Waals surface area (Å²) in [6.45, 7) is 1.77. The minimum absolute atomic E-state index is 0.291. The third kappa shape index (κ3) is 5.42. The highest BCUT2D eigenvalue weighted by Gasteiger charge is 2.02. The van der Waals surface area contributed by atoms with E-state index in [-0.39, 0.29) is 0 Å². The SMILES string of the molecule is NC(CCNCCC1=CCCCC1)=NO. The maximum atomic E-state index is 8.32. The molecule has 0 amide bonds. The first-order valence-corrected chi connectivity index (χ1v) is 5.68. The van der Waals surface area contributed by atoms with E-state index in [0.29, 0.717) is 12.3 Å². The Kier molecular flexibility index (Phi) is 5.85. The van der Waals surface area contributed by atoms with Gasteiger partial charge in [0, 0.05) is 13.0 Å². The van der Waals surface area contributed by atoms with Crippen LogP contribution in [0.3, 0.4) is 0 Å². The van der Waals surface area contributed by atoms with Crippen molar-refractivity contribution < 1.29 is 5.21 Å². The fourth-order valence-corrected chi connectivity index (χ4v) is 1.77. The minimum atomic E-state index is 0.291. The molecule has 1 aliphatic rings. The number of amidine groups is 1. The standard InChI is InChI=1S/C11H21N3O/c12-11(14-15)7-9-13-8-6-10-4-2-1-3-5-10/h4,13,15H,1-3,5-9H2,(H2,12,14). The molecule has 0 heterocycles. The first-order chi connectivity index (χ1) is 7.33. The number of hydrogen-bond acceptors (Lipinski definition) is 3. The van der Waals surface area contributed by atoms with Gasteiger partial charge in [0.1, 0.15) is 5.84 Å². The van der Waals surface area contributed by atoms with Gasteiger partial charge < -0.3 is 16.3 Å². The molecule has 0 aromatic carbocycles. The number of nitrogens with two attached hydrogens (primary N) is 1. The first-order valence-electron chi connectivity index (χ1n) is 5.68. The summed E-state index contributed by atoms with van der Waals surface area (Å²) in [5.41, 5.74) is 6.93. The molecule has 0 aromatic rings. The number of nitrogens with zero attached hydrogens (tertiary/aromatic N) is 1. The van der Waals surface area contributed by atoms with Crippen LogP contribution >= 0.6 is 0 Å². The highest BCUT2D eigenvalue weighted by atomic mass is 16.4. The number of oxime groups is 1. The minimum Gasteiger partial charge on any atom is -0.409 e. The lowest BCUT2D eigenvalue weighted by Crippen LogP contribution is -2.23. The van der Waals surface area contributed by atoms with Crippen molar-refractivity contribution in [3.8, 4) is 0 Å². The Morgan fingerprint density at radius 3 is 3.00 bits per heavy atom. The Morgan fingerprint density at radius 2 is 2.33 bits per heavy atom. The van der Waals surface area contributed by atoms with E-state index >= 15 is 0 Å². The summed E-state index contributed by atoms with van der Waals surface area (Å²) in [4.78, 5) is 0. The fraction of sp³-hybridized carbons (Fsp3) is 0.727. The van der Waals surface area contributed by atoms with E-state index in [9.17, 15) is 0 Å². The van der Waals surface area contributed by atoms with Crippen LogP contribution in [0.25, 0.3) is 0 Å². The largest absolute Gasteiger partial charge is 0.409 e. The van der Waals surface area contributed by atoms with E-state index in [2.05, 4.69) is 16.5 Å². The van der Waals surface area contributed by atoms with E-state index in [1.165, 1.54) is 25.7 Å². The molecule has 0 saturated heterocycles. The first kappa shape index (κ1) is 12.0. The predicted molar refractivity (Wildman–Crippen MR) is 62.1 cm³/mol. The Bertz CT molecular complexity index is 236. The van der Waals surface area contributed by atoms with Crippen molar-refractivity contribution >= 4 is 5.84 Å². The molecule has 0 aliphatic heterocycles. The Hall–Kier alpha value is -1.03. The average molecular weight is 211 g/mol. The van der Waals surface area contributed by atoms with Crippen LogP contribution in [0.15, 0.2) is 16.8 Å². The summed E-state index contributed by atoms with van der Waals surface area (Å²) in [5, 5.41) is 14.5. The van der Waals surface area contributed by atoms with Gasteiger partial charge in [-0.25, -0.2) is 0 Å². The van der Waals surface area contributed by atoms with Crippen molar-refractivity contribution in [2.45, 2.75) is 38.5 Å². The van der Waals surface area contributed by atoms with Crippen molar-refractivity contribution in [2.75, 3.05) is 13.1 Å². The summed E-state index contributed by atoms with van der Waals surface area (Å²) in [7, 11) is 0. The van der Waals surface area contributed by atoms with Crippen LogP contribution in [0, 0.1) is 0 Å². The number of hydrogen-bond donors (Lipinski definition) is 3. The van der Waals surface area contributed by atoms with Gasteiger partial charge in [-0.2, -0.15) is 0 Å². The molecule has 0 spiro atoms. The van der Waals surface area contributed by atoms with Crippen LogP contribution in [0.5, 0.6) is 0 Å². The highest BCUT2D eigenvalue weighted by molar-refractivity contribution is 5.79. The summed E-state index contributed by atoms with van der Waals surface area (Å²) in [6.07, 6.45) is 9.32. The van der Waals surface area contributed by atoms with Crippen LogP contribution in [0.1, 0.15) is 38.5 Å². The zero-order valence-corrected chi connectivity index (χ0v) is 9.21. The molecule has 4 N–H and O–H groups in total. The van der Waals surface area contributed by atoms with Gasteiger partial charge in [0.05, 0.1) is 0 Å². The highest BCUT2D eigenvalue weighted by Crippen LogP contribution is 2.19. The predicted octanol–water partition coefficient (Wildman–Crippen LogP) is 1.60. The third-order valence-corrected chi connectivity index (χ3v) is 2.69. The van der Waals surface area contributed by atoms with Crippen molar-refractivity contribution in [2.24, 2.45) is 10.9 Å². The fourth-order valence-electron chi connectivity index (χ4n) is 1.77. The van der Waals surface area contributed by atoms with Gasteiger partial charge in [0.2, 0.25) is 0 Å². The summed E-state index contributed by atoms with van der Waals surface area (Å²) >= 11 is 0.